The van der Waals surface area contributed by atoms with E-state index in [1.54, 1.807) is 7.11 Å². The molecule has 0 aliphatic heterocycles. The van der Waals surface area contributed by atoms with E-state index in [0.29, 0.717) is 30.3 Å². The molecule has 1 aromatic heterocycles. The Bertz CT molecular complexity index is 1090. The molecule has 1 heterocycles. The summed E-state index contributed by atoms with van der Waals surface area (Å²) in [6.45, 7) is 1.36. The third-order valence-corrected chi connectivity index (χ3v) is 6.80. The lowest BCUT2D eigenvalue weighted by molar-refractivity contribution is -0.115. The number of hydrogen-bond acceptors (Lipinski definition) is 5. The molecule has 0 atom stereocenters. The highest BCUT2D eigenvalue weighted by atomic mass is 35.5. The van der Waals surface area contributed by atoms with Crippen molar-refractivity contribution in [1.29, 1.82) is 0 Å². The van der Waals surface area contributed by atoms with Crippen LogP contribution in [0.2, 0.25) is 5.02 Å². The summed E-state index contributed by atoms with van der Waals surface area (Å²) in [5.74, 6) is 1.35. The fourth-order valence-corrected chi connectivity index (χ4v) is 5.04. The highest BCUT2D eigenvalue weighted by Gasteiger charge is 2.17. The van der Waals surface area contributed by atoms with Crippen molar-refractivity contribution in [2.24, 2.45) is 0 Å². The Kier molecular flexibility index (Phi) is 7.84. The van der Waals surface area contributed by atoms with Gasteiger partial charge in [0.1, 0.15) is 0 Å². The Balaban J connectivity index is 1.39. The normalized spacial score (nSPS) is 12.7. The van der Waals surface area contributed by atoms with Crippen molar-refractivity contribution >= 4 is 35.0 Å². The predicted molar refractivity (Wildman–Crippen MR) is 129 cm³/mol. The molecule has 1 amide bonds. The van der Waals surface area contributed by atoms with Gasteiger partial charge in [-0.25, -0.2) is 0 Å². The van der Waals surface area contributed by atoms with Crippen LogP contribution in [0.15, 0.2) is 47.6 Å². The zero-order valence-corrected chi connectivity index (χ0v) is 19.7. The molecular weight excluding hydrogens is 444 g/mol. The standard InChI is InChI=1S/C24H27ClN4O2S/c1-31-14-5-13-29-23(20-8-2-3-9-21(20)25)27-28-24(29)32-15-12-22(30)26-19-11-10-17-6-4-7-18(17)16-19/h2-3,8-11,16H,4-7,12-15H2,1H3,(H,26,30). The summed E-state index contributed by atoms with van der Waals surface area (Å²) in [6, 6.07) is 13.9. The van der Waals surface area contributed by atoms with E-state index in [0.717, 1.165) is 41.5 Å². The number of carbonyl (C=O) groups excluding carboxylic acids is 1. The molecule has 0 spiro atoms. The lowest BCUT2D eigenvalue weighted by Crippen LogP contribution is -2.13. The number of carbonyl (C=O) groups is 1. The first-order valence-corrected chi connectivity index (χ1v) is 12.2. The molecule has 0 unspecified atom stereocenters. The Morgan fingerprint density at radius 1 is 1.19 bits per heavy atom. The number of amides is 1. The number of rotatable bonds is 10. The van der Waals surface area contributed by atoms with Gasteiger partial charge in [-0.15, -0.1) is 10.2 Å². The van der Waals surface area contributed by atoms with Crippen LogP contribution in [0.25, 0.3) is 11.4 Å². The Morgan fingerprint density at radius 3 is 2.88 bits per heavy atom. The summed E-state index contributed by atoms with van der Waals surface area (Å²) in [5.41, 5.74) is 4.48. The average Bonchev–Trinajstić information content (AvgIpc) is 3.41. The SMILES string of the molecule is COCCCn1c(SCCC(=O)Nc2ccc3c(c2)CCC3)nnc1-c1ccccc1Cl. The maximum absolute atomic E-state index is 12.5. The number of thioether (sulfide) groups is 1. The third kappa shape index (κ3) is 5.52. The minimum atomic E-state index is 0.00669. The number of aryl methyl sites for hydroxylation is 2. The highest BCUT2D eigenvalue weighted by molar-refractivity contribution is 7.99. The molecule has 1 aliphatic carbocycles. The molecule has 32 heavy (non-hydrogen) atoms. The zero-order valence-electron chi connectivity index (χ0n) is 18.1. The molecule has 168 valence electrons. The van der Waals surface area contributed by atoms with Gasteiger partial charge in [-0.05, 0) is 61.1 Å². The second-order valence-electron chi connectivity index (χ2n) is 7.77. The van der Waals surface area contributed by atoms with Crippen molar-refractivity contribution in [2.45, 2.75) is 43.8 Å². The predicted octanol–water partition coefficient (Wildman–Crippen LogP) is 5.24. The minimum absolute atomic E-state index is 0.00669. The van der Waals surface area contributed by atoms with Gasteiger partial charge in [-0.2, -0.15) is 0 Å². The highest BCUT2D eigenvalue weighted by Crippen LogP contribution is 2.30. The van der Waals surface area contributed by atoms with E-state index >= 15 is 0 Å². The molecule has 2 aromatic carbocycles. The van der Waals surface area contributed by atoms with Gasteiger partial charge in [-0.1, -0.05) is 41.6 Å². The van der Waals surface area contributed by atoms with E-state index in [1.807, 2.05) is 30.3 Å². The van der Waals surface area contributed by atoms with E-state index in [1.165, 1.54) is 29.3 Å². The lowest BCUT2D eigenvalue weighted by atomic mass is 10.1. The summed E-state index contributed by atoms with van der Waals surface area (Å²) in [6.07, 6.45) is 4.67. The molecule has 4 rings (SSSR count). The van der Waals surface area contributed by atoms with Crippen molar-refractivity contribution < 1.29 is 9.53 Å². The summed E-state index contributed by atoms with van der Waals surface area (Å²) in [4.78, 5) is 12.5. The summed E-state index contributed by atoms with van der Waals surface area (Å²) < 4.78 is 7.27. The number of hydrogen-bond donors (Lipinski definition) is 1. The number of nitrogens with zero attached hydrogens (tertiary/aromatic N) is 3. The number of benzene rings is 2. The number of aromatic nitrogens is 3. The van der Waals surface area contributed by atoms with Gasteiger partial charge in [-0.3, -0.25) is 4.79 Å². The first-order chi connectivity index (χ1) is 15.7. The quantitative estimate of drug-likeness (QED) is 0.324. The number of ether oxygens (including phenoxy) is 1. The van der Waals surface area contributed by atoms with E-state index in [9.17, 15) is 4.79 Å². The van der Waals surface area contributed by atoms with Crippen molar-refractivity contribution in [2.75, 3.05) is 24.8 Å². The van der Waals surface area contributed by atoms with Gasteiger partial charge in [0.05, 0.1) is 5.02 Å². The van der Waals surface area contributed by atoms with Crippen molar-refractivity contribution in [3.8, 4) is 11.4 Å². The van der Waals surface area contributed by atoms with Crippen LogP contribution < -0.4 is 5.32 Å². The Labute approximate surface area is 197 Å². The van der Waals surface area contributed by atoms with Crippen molar-refractivity contribution in [3.63, 3.8) is 0 Å². The fraction of sp³-hybridized carbons (Fsp3) is 0.375. The number of anilines is 1. The van der Waals surface area contributed by atoms with Crippen molar-refractivity contribution in [1.82, 2.24) is 14.8 Å². The first kappa shape index (κ1) is 22.8. The second kappa shape index (κ2) is 11.0. The smallest absolute Gasteiger partial charge is 0.225 e. The molecular formula is C24H27ClN4O2S. The van der Waals surface area contributed by atoms with Crippen LogP contribution in [0.5, 0.6) is 0 Å². The summed E-state index contributed by atoms with van der Waals surface area (Å²) >= 11 is 7.92. The summed E-state index contributed by atoms with van der Waals surface area (Å²) in [5, 5.41) is 13.2. The monoisotopic (exact) mass is 470 g/mol. The van der Waals surface area contributed by atoms with Crippen LogP contribution in [0.4, 0.5) is 5.69 Å². The zero-order chi connectivity index (χ0) is 22.3. The van der Waals surface area contributed by atoms with Gasteiger partial charge in [0.25, 0.3) is 0 Å². The van der Waals surface area contributed by atoms with Crippen molar-refractivity contribution in [3.05, 3.63) is 58.6 Å². The largest absolute Gasteiger partial charge is 0.385 e. The van der Waals surface area contributed by atoms with Gasteiger partial charge in [0.15, 0.2) is 11.0 Å². The van der Waals surface area contributed by atoms with Crippen LogP contribution in [0, 0.1) is 0 Å². The van der Waals surface area contributed by atoms with Gasteiger partial charge < -0.3 is 14.6 Å². The Morgan fingerprint density at radius 2 is 2.03 bits per heavy atom. The molecule has 0 saturated carbocycles. The number of methoxy groups -OCH3 is 1. The molecule has 8 heteroatoms. The molecule has 1 aliphatic rings. The number of fused-ring (bicyclic) bond motifs is 1. The van der Waals surface area contributed by atoms with Crippen LogP contribution >= 0.6 is 23.4 Å². The van der Waals surface area contributed by atoms with Gasteiger partial charge in [0.2, 0.25) is 5.91 Å². The van der Waals surface area contributed by atoms with Gasteiger partial charge in [0, 0.05) is 43.7 Å². The molecule has 1 N–H and O–H groups in total. The van der Waals surface area contributed by atoms with Crippen LogP contribution in [0.3, 0.4) is 0 Å². The van der Waals surface area contributed by atoms with Crippen LogP contribution in [-0.4, -0.2) is 40.1 Å². The van der Waals surface area contributed by atoms with E-state index in [2.05, 4.69) is 32.2 Å². The molecule has 6 nitrogen and oxygen atoms in total. The van der Waals surface area contributed by atoms with Crippen LogP contribution in [-0.2, 0) is 28.9 Å². The molecule has 0 fully saturated rings. The van der Waals surface area contributed by atoms with Crippen LogP contribution in [0.1, 0.15) is 30.4 Å². The third-order valence-electron chi connectivity index (χ3n) is 5.50. The lowest BCUT2D eigenvalue weighted by Gasteiger charge is -2.11. The second-order valence-corrected chi connectivity index (χ2v) is 9.24. The fourth-order valence-electron chi connectivity index (χ4n) is 3.91. The minimum Gasteiger partial charge on any atom is -0.385 e. The van der Waals surface area contributed by atoms with E-state index in [-0.39, 0.29) is 5.91 Å². The molecule has 3 aromatic rings. The topological polar surface area (TPSA) is 69.0 Å². The average molecular weight is 471 g/mol. The van der Waals surface area contributed by atoms with E-state index < -0.39 is 0 Å². The molecule has 0 bridgehead atoms. The first-order valence-electron chi connectivity index (χ1n) is 10.9. The Hall–Kier alpha value is -2.35. The maximum Gasteiger partial charge on any atom is 0.225 e. The summed E-state index contributed by atoms with van der Waals surface area (Å²) in [7, 11) is 1.69. The van der Waals surface area contributed by atoms with E-state index in [4.69, 9.17) is 16.3 Å². The number of nitrogens with one attached hydrogen (secondary N) is 1. The molecule has 0 saturated heterocycles. The maximum atomic E-state index is 12.5. The number of halogens is 1. The molecule has 0 radical (unpaired) electrons. The van der Waals surface area contributed by atoms with Gasteiger partial charge >= 0.3 is 0 Å².